The number of benzene rings is 1. The predicted octanol–water partition coefficient (Wildman–Crippen LogP) is 2.51. The molecule has 1 aromatic carbocycles. The summed E-state index contributed by atoms with van der Waals surface area (Å²) in [7, 11) is 1.61. The minimum Gasteiger partial charge on any atom is -0.497 e. The largest absolute Gasteiger partial charge is 0.497 e. The van der Waals surface area contributed by atoms with Crippen molar-refractivity contribution in [2.75, 3.05) is 13.7 Å². The molecule has 0 spiro atoms. The second-order valence-electron chi connectivity index (χ2n) is 5.39. The molecular weight excluding hydrogens is 270 g/mol. The van der Waals surface area contributed by atoms with Crippen molar-refractivity contribution >= 4 is 11.9 Å². The molecule has 1 amide bonds. The van der Waals surface area contributed by atoms with Gasteiger partial charge in [-0.3, -0.25) is 9.59 Å². The van der Waals surface area contributed by atoms with Gasteiger partial charge in [0.15, 0.2) is 0 Å². The fraction of sp³-hybridized carbons (Fsp3) is 0.500. The van der Waals surface area contributed by atoms with E-state index < -0.39 is 5.97 Å². The molecule has 0 saturated carbocycles. The van der Waals surface area contributed by atoms with Crippen LogP contribution in [0.15, 0.2) is 24.3 Å². The Bertz CT molecular complexity index is 482. The van der Waals surface area contributed by atoms with Gasteiger partial charge in [0.05, 0.1) is 7.11 Å². The first-order chi connectivity index (χ1) is 9.85. The number of nitrogens with zero attached hydrogens (tertiary/aromatic N) is 1. The van der Waals surface area contributed by atoms with E-state index in [-0.39, 0.29) is 30.8 Å². The van der Waals surface area contributed by atoms with Crippen LogP contribution in [0.3, 0.4) is 0 Å². The highest BCUT2D eigenvalue weighted by atomic mass is 16.5. The number of methoxy groups -OCH3 is 1. The van der Waals surface area contributed by atoms with Gasteiger partial charge in [-0.2, -0.15) is 0 Å². The van der Waals surface area contributed by atoms with E-state index in [0.717, 1.165) is 11.3 Å². The van der Waals surface area contributed by atoms with Crippen LogP contribution in [0.5, 0.6) is 5.75 Å². The molecule has 1 unspecified atom stereocenters. The zero-order valence-corrected chi connectivity index (χ0v) is 13.0. The van der Waals surface area contributed by atoms with Gasteiger partial charge in [-0.1, -0.05) is 19.1 Å². The maximum atomic E-state index is 12.3. The maximum absolute atomic E-state index is 12.3. The van der Waals surface area contributed by atoms with Gasteiger partial charge in [0.25, 0.3) is 0 Å². The van der Waals surface area contributed by atoms with Gasteiger partial charge in [0, 0.05) is 12.5 Å². The van der Waals surface area contributed by atoms with Crippen molar-refractivity contribution < 1.29 is 19.4 Å². The molecule has 5 heteroatoms. The first-order valence-electron chi connectivity index (χ1n) is 7.00. The number of carbonyl (C=O) groups excluding carboxylic acids is 1. The maximum Gasteiger partial charge on any atom is 0.323 e. The van der Waals surface area contributed by atoms with Crippen LogP contribution >= 0.6 is 0 Å². The Morgan fingerprint density at radius 2 is 1.76 bits per heavy atom. The number of aliphatic carboxylic acids is 1. The average Bonchev–Trinajstić information content (AvgIpc) is 2.44. The summed E-state index contributed by atoms with van der Waals surface area (Å²) in [4.78, 5) is 24.5. The number of amides is 1. The third kappa shape index (κ3) is 5.10. The van der Waals surface area contributed by atoms with E-state index in [4.69, 9.17) is 9.84 Å². The number of carboxylic acids is 1. The normalized spacial score (nSPS) is 12.0. The fourth-order valence-corrected chi connectivity index (χ4v) is 2.13. The molecule has 0 heterocycles. The van der Waals surface area contributed by atoms with Gasteiger partial charge in [0.2, 0.25) is 5.91 Å². The Morgan fingerprint density at radius 3 is 2.19 bits per heavy atom. The summed E-state index contributed by atoms with van der Waals surface area (Å²) >= 11 is 0. The van der Waals surface area contributed by atoms with Crippen LogP contribution in [0, 0.1) is 0 Å². The van der Waals surface area contributed by atoms with Crippen molar-refractivity contribution in [1.29, 1.82) is 0 Å². The quantitative estimate of drug-likeness (QED) is 0.839. The number of hydrogen-bond acceptors (Lipinski definition) is 3. The number of ether oxygens (including phenoxy) is 1. The smallest absolute Gasteiger partial charge is 0.323 e. The molecule has 5 nitrogen and oxygen atoms in total. The van der Waals surface area contributed by atoms with E-state index in [1.165, 1.54) is 4.90 Å². The van der Waals surface area contributed by atoms with E-state index >= 15 is 0 Å². The molecular formula is C16H23NO4. The number of carboxylic acid groups (broad SMARTS) is 1. The van der Waals surface area contributed by atoms with E-state index in [1.54, 1.807) is 7.11 Å². The van der Waals surface area contributed by atoms with Crippen LogP contribution in [0.2, 0.25) is 0 Å². The predicted molar refractivity (Wildman–Crippen MR) is 80.5 cm³/mol. The van der Waals surface area contributed by atoms with Crippen LogP contribution < -0.4 is 4.74 Å². The first kappa shape index (κ1) is 17.0. The van der Waals surface area contributed by atoms with Crippen LogP contribution in [0.25, 0.3) is 0 Å². The highest BCUT2D eigenvalue weighted by Crippen LogP contribution is 2.23. The van der Waals surface area contributed by atoms with Crippen molar-refractivity contribution in [2.24, 2.45) is 0 Å². The summed E-state index contributed by atoms with van der Waals surface area (Å²) in [6.07, 6.45) is 0.289. The van der Waals surface area contributed by atoms with Crippen LogP contribution in [-0.2, 0) is 9.59 Å². The SMILES string of the molecule is COc1ccc(C(C)CC(=O)N(CC(=O)O)C(C)C)cc1. The van der Waals surface area contributed by atoms with Crippen molar-refractivity contribution in [3.05, 3.63) is 29.8 Å². The Labute approximate surface area is 125 Å². The van der Waals surface area contributed by atoms with Gasteiger partial charge in [-0.05, 0) is 37.5 Å². The minimum absolute atomic E-state index is 0.0263. The summed E-state index contributed by atoms with van der Waals surface area (Å²) in [6, 6.07) is 7.43. The third-order valence-electron chi connectivity index (χ3n) is 3.41. The van der Waals surface area contributed by atoms with Crippen molar-refractivity contribution in [1.82, 2.24) is 4.90 Å². The van der Waals surface area contributed by atoms with Gasteiger partial charge in [-0.25, -0.2) is 0 Å². The lowest BCUT2D eigenvalue weighted by Crippen LogP contribution is -2.41. The van der Waals surface area contributed by atoms with Gasteiger partial charge in [0.1, 0.15) is 12.3 Å². The van der Waals surface area contributed by atoms with Gasteiger partial charge in [-0.15, -0.1) is 0 Å². The Morgan fingerprint density at radius 1 is 1.19 bits per heavy atom. The molecule has 0 bridgehead atoms. The fourth-order valence-electron chi connectivity index (χ4n) is 2.13. The molecule has 0 radical (unpaired) electrons. The van der Waals surface area contributed by atoms with E-state index in [1.807, 2.05) is 45.0 Å². The summed E-state index contributed by atoms with van der Waals surface area (Å²) in [6.45, 7) is 5.34. The zero-order valence-electron chi connectivity index (χ0n) is 13.0. The summed E-state index contributed by atoms with van der Waals surface area (Å²) in [5.74, 6) is -0.338. The summed E-state index contributed by atoms with van der Waals surface area (Å²) in [5, 5.41) is 8.88. The zero-order chi connectivity index (χ0) is 16.0. The highest BCUT2D eigenvalue weighted by Gasteiger charge is 2.22. The molecule has 1 aromatic rings. The van der Waals surface area contributed by atoms with Crippen LogP contribution in [-0.4, -0.2) is 41.6 Å². The third-order valence-corrected chi connectivity index (χ3v) is 3.41. The number of rotatable bonds is 7. The first-order valence-corrected chi connectivity index (χ1v) is 7.00. The lowest BCUT2D eigenvalue weighted by atomic mass is 9.97. The molecule has 0 aromatic heterocycles. The second-order valence-corrected chi connectivity index (χ2v) is 5.39. The monoisotopic (exact) mass is 293 g/mol. The Kier molecular flexibility index (Phi) is 6.21. The van der Waals surface area contributed by atoms with Gasteiger partial charge < -0.3 is 14.7 Å². The number of hydrogen-bond donors (Lipinski definition) is 1. The standard InChI is InChI=1S/C16H23NO4/c1-11(2)17(10-16(19)20)15(18)9-12(3)13-5-7-14(21-4)8-6-13/h5-8,11-12H,9-10H2,1-4H3,(H,19,20). The molecule has 116 valence electrons. The Balaban J connectivity index is 2.72. The van der Waals surface area contributed by atoms with Gasteiger partial charge >= 0.3 is 5.97 Å². The van der Waals surface area contributed by atoms with Crippen LogP contribution in [0.4, 0.5) is 0 Å². The lowest BCUT2D eigenvalue weighted by molar-refractivity contribution is -0.145. The number of carbonyl (C=O) groups is 2. The molecule has 0 aliphatic heterocycles. The van der Waals surface area contributed by atoms with Crippen molar-refractivity contribution in [2.45, 2.75) is 39.2 Å². The Hall–Kier alpha value is -2.04. The highest BCUT2D eigenvalue weighted by molar-refractivity contribution is 5.82. The minimum atomic E-state index is -0.992. The average molecular weight is 293 g/mol. The molecule has 1 atom stereocenters. The van der Waals surface area contributed by atoms with E-state index in [0.29, 0.717) is 0 Å². The summed E-state index contributed by atoms with van der Waals surface area (Å²) in [5.41, 5.74) is 1.03. The topological polar surface area (TPSA) is 66.8 Å². The lowest BCUT2D eigenvalue weighted by Gasteiger charge is -2.26. The van der Waals surface area contributed by atoms with E-state index in [2.05, 4.69) is 0 Å². The van der Waals surface area contributed by atoms with Crippen molar-refractivity contribution in [3.8, 4) is 5.75 Å². The molecule has 0 aliphatic carbocycles. The van der Waals surface area contributed by atoms with E-state index in [9.17, 15) is 9.59 Å². The molecule has 1 rings (SSSR count). The molecule has 21 heavy (non-hydrogen) atoms. The summed E-state index contributed by atoms with van der Waals surface area (Å²) < 4.78 is 5.10. The molecule has 0 fully saturated rings. The second kappa shape index (κ2) is 7.67. The van der Waals surface area contributed by atoms with Crippen molar-refractivity contribution in [3.63, 3.8) is 0 Å². The molecule has 0 aliphatic rings. The molecule has 1 N–H and O–H groups in total. The van der Waals surface area contributed by atoms with Crippen LogP contribution in [0.1, 0.15) is 38.7 Å². The molecule has 0 saturated heterocycles.